The minimum atomic E-state index is -0.284. The molecule has 2 aromatic carbocycles. The summed E-state index contributed by atoms with van der Waals surface area (Å²) >= 11 is 6.16. The zero-order valence-electron chi connectivity index (χ0n) is 15.2. The molecule has 0 spiro atoms. The highest BCUT2D eigenvalue weighted by Crippen LogP contribution is 2.27. The molecular formula is C21H19ClN4O. The first kappa shape index (κ1) is 17.5. The lowest BCUT2D eigenvalue weighted by atomic mass is 10.1. The molecule has 5 nitrogen and oxygen atoms in total. The molecule has 1 amide bonds. The van der Waals surface area contributed by atoms with Gasteiger partial charge in [0.25, 0.3) is 5.91 Å². The smallest absolute Gasteiger partial charge is 0.258 e. The van der Waals surface area contributed by atoms with Crippen molar-refractivity contribution in [1.29, 1.82) is 0 Å². The monoisotopic (exact) mass is 378 g/mol. The van der Waals surface area contributed by atoms with Crippen LogP contribution in [0.1, 0.15) is 29.3 Å². The molecule has 0 atom stereocenters. The molecular weight excluding hydrogens is 360 g/mol. The SMILES string of the molecule is CCCn1nc(NC(=O)c2ccccc2Cl)c2cc3cc(C)ccc3nc21. The van der Waals surface area contributed by atoms with Crippen LogP contribution >= 0.6 is 11.6 Å². The zero-order valence-corrected chi connectivity index (χ0v) is 15.9. The fraction of sp³-hybridized carbons (Fsp3) is 0.190. The van der Waals surface area contributed by atoms with E-state index in [9.17, 15) is 4.79 Å². The maximum atomic E-state index is 12.7. The molecule has 0 aliphatic carbocycles. The van der Waals surface area contributed by atoms with Crippen LogP contribution in [0.15, 0.2) is 48.5 Å². The number of fused-ring (bicyclic) bond motifs is 2. The van der Waals surface area contributed by atoms with E-state index in [-0.39, 0.29) is 5.91 Å². The second-order valence-electron chi connectivity index (χ2n) is 6.56. The van der Waals surface area contributed by atoms with Crippen molar-refractivity contribution >= 4 is 45.3 Å². The Balaban J connectivity index is 1.84. The van der Waals surface area contributed by atoms with Crippen LogP contribution in [0.25, 0.3) is 21.9 Å². The standard InChI is InChI=1S/C21H19ClN4O/c1-3-10-26-20-16(12-14-11-13(2)8-9-18(14)23-20)19(25-26)24-21(27)15-6-4-5-7-17(15)22/h4-9,11-12H,3,10H2,1-2H3,(H,24,25,27). The lowest BCUT2D eigenvalue weighted by Crippen LogP contribution is -2.13. The third-order valence-corrected chi connectivity index (χ3v) is 4.79. The third-order valence-electron chi connectivity index (χ3n) is 4.46. The van der Waals surface area contributed by atoms with Crippen LogP contribution in [-0.2, 0) is 6.54 Å². The van der Waals surface area contributed by atoms with Crippen molar-refractivity contribution in [1.82, 2.24) is 14.8 Å². The number of hydrogen-bond donors (Lipinski definition) is 1. The Kier molecular flexibility index (Phi) is 4.54. The van der Waals surface area contributed by atoms with Crippen molar-refractivity contribution in [2.45, 2.75) is 26.8 Å². The van der Waals surface area contributed by atoms with Gasteiger partial charge in [0.2, 0.25) is 0 Å². The fourth-order valence-corrected chi connectivity index (χ4v) is 3.38. The molecule has 2 aromatic heterocycles. The molecule has 27 heavy (non-hydrogen) atoms. The van der Waals surface area contributed by atoms with Gasteiger partial charge in [0, 0.05) is 11.9 Å². The highest BCUT2D eigenvalue weighted by molar-refractivity contribution is 6.34. The maximum Gasteiger partial charge on any atom is 0.258 e. The van der Waals surface area contributed by atoms with Crippen LogP contribution in [0.4, 0.5) is 5.82 Å². The van der Waals surface area contributed by atoms with E-state index in [1.807, 2.05) is 29.8 Å². The fourth-order valence-electron chi connectivity index (χ4n) is 3.16. The molecule has 136 valence electrons. The van der Waals surface area contributed by atoms with Crippen molar-refractivity contribution < 1.29 is 4.79 Å². The van der Waals surface area contributed by atoms with E-state index < -0.39 is 0 Å². The second kappa shape index (κ2) is 7.00. The second-order valence-corrected chi connectivity index (χ2v) is 6.97. The molecule has 0 aliphatic heterocycles. The largest absolute Gasteiger partial charge is 0.304 e. The summed E-state index contributed by atoms with van der Waals surface area (Å²) in [5.41, 5.74) is 3.25. The summed E-state index contributed by atoms with van der Waals surface area (Å²) in [6.45, 7) is 4.85. The first-order valence-electron chi connectivity index (χ1n) is 8.90. The van der Waals surface area contributed by atoms with Crippen molar-refractivity contribution in [3.05, 3.63) is 64.7 Å². The van der Waals surface area contributed by atoms with Crippen molar-refractivity contribution in [3.63, 3.8) is 0 Å². The zero-order chi connectivity index (χ0) is 19.0. The number of aryl methyl sites for hydroxylation is 2. The number of pyridine rings is 1. The summed E-state index contributed by atoms with van der Waals surface area (Å²) < 4.78 is 1.84. The molecule has 6 heteroatoms. The first-order chi connectivity index (χ1) is 13.1. The number of hydrogen-bond acceptors (Lipinski definition) is 3. The molecule has 0 unspecified atom stereocenters. The molecule has 0 saturated heterocycles. The summed E-state index contributed by atoms with van der Waals surface area (Å²) in [4.78, 5) is 17.5. The average Bonchev–Trinajstić information content (AvgIpc) is 2.97. The Morgan fingerprint density at radius 2 is 2.00 bits per heavy atom. The lowest BCUT2D eigenvalue weighted by Gasteiger charge is -2.05. The molecule has 0 radical (unpaired) electrons. The Labute approximate surface area is 162 Å². The number of carbonyl (C=O) groups excluding carboxylic acids is 1. The van der Waals surface area contributed by atoms with Gasteiger partial charge in [-0.3, -0.25) is 4.79 Å². The summed E-state index contributed by atoms with van der Waals surface area (Å²) in [6.07, 6.45) is 0.919. The van der Waals surface area contributed by atoms with Gasteiger partial charge in [-0.05, 0) is 43.7 Å². The number of nitrogens with one attached hydrogen (secondary N) is 1. The van der Waals surface area contributed by atoms with E-state index in [1.165, 1.54) is 0 Å². The van der Waals surface area contributed by atoms with Crippen molar-refractivity contribution in [2.24, 2.45) is 0 Å². The van der Waals surface area contributed by atoms with Gasteiger partial charge in [0.05, 0.1) is 21.5 Å². The number of anilines is 1. The summed E-state index contributed by atoms with van der Waals surface area (Å²) in [5.74, 6) is 0.215. The van der Waals surface area contributed by atoms with E-state index in [2.05, 4.69) is 23.4 Å². The molecule has 0 fully saturated rings. The summed E-state index contributed by atoms with van der Waals surface area (Å²) in [6, 6.07) is 15.1. The van der Waals surface area contributed by atoms with Crippen LogP contribution in [0.5, 0.6) is 0 Å². The highest BCUT2D eigenvalue weighted by Gasteiger charge is 2.17. The van der Waals surface area contributed by atoms with Crippen LogP contribution in [0, 0.1) is 6.92 Å². The predicted octanol–water partition coefficient (Wildman–Crippen LogP) is 5.21. The third kappa shape index (κ3) is 3.26. The van der Waals surface area contributed by atoms with Gasteiger partial charge < -0.3 is 5.32 Å². The Hall–Kier alpha value is -2.92. The van der Waals surface area contributed by atoms with Crippen LogP contribution in [-0.4, -0.2) is 20.7 Å². The molecule has 4 rings (SSSR count). The molecule has 1 N–H and O–H groups in total. The Morgan fingerprint density at radius 1 is 1.19 bits per heavy atom. The van der Waals surface area contributed by atoms with Gasteiger partial charge in [0.1, 0.15) is 0 Å². The van der Waals surface area contributed by atoms with Crippen LogP contribution < -0.4 is 5.32 Å². The Morgan fingerprint density at radius 3 is 2.78 bits per heavy atom. The highest BCUT2D eigenvalue weighted by atomic mass is 35.5. The van der Waals surface area contributed by atoms with Crippen molar-refractivity contribution in [3.8, 4) is 0 Å². The number of halogens is 1. The van der Waals surface area contributed by atoms with E-state index in [1.54, 1.807) is 24.3 Å². The van der Waals surface area contributed by atoms with Crippen molar-refractivity contribution in [2.75, 3.05) is 5.32 Å². The van der Waals surface area contributed by atoms with Gasteiger partial charge in [-0.25, -0.2) is 9.67 Å². The number of carbonyl (C=O) groups is 1. The van der Waals surface area contributed by atoms with Crippen LogP contribution in [0.2, 0.25) is 5.02 Å². The van der Waals surface area contributed by atoms with Gasteiger partial charge in [0.15, 0.2) is 11.5 Å². The quantitative estimate of drug-likeness (QED) is 0.530. The van der Waals surface area contributed by atoms with Gasteiger partial charge in [-0.1, -0.05) is 42.3 Å². The predicted molar refractivity (Wildman–Crippen MR) is 109 cm³/mol. The minimum absolute atomic E-state index is 0.284. The number of amides is 1. The lowest BCUT2D eigenvalue weighted by molar-refractivity contribution is 0.102. The topological polar surface area (TPSA) is 59.8 Å². The van der Waals surface area contributed by atoms with E-state index in [0.29, 0.717) is 16.4 Å². The summed E-state index contributed by atoms with van der Waals surface area (Å²) in [5, 5.41) is 9.75. The first-order valence-corrected chi connectivity index (χ1v) is 9.28. The van der Waals surface area contributed by atoms with Gasteiger partial charge in [-0.15, -0.1) is 0 Å². The van der Waals surface area contributed by atoms with E-state index >= 15 is 0 Å². The Bertz CT molecular complexity index is 1170. The molecule has 2 heterocycles. The normalized spacial score (nSPS) is 11.2. The van der Waals surface area contributed by atoms with E-state index in [4.69, 9.17) is 16.6 Å². The number of benzene rings is 2. The van der Waals surface area contributed by atoms with E-state index in [0.717, 1.165) is 40.5 Å². The van der Waals surface area contributed by atoms with Crippen LogP contribution in [0.3, 0.4) is 0 Å². The van der Waals surface area contributed by atoms with Gasteiger partial charge in [-0.2, -0.15) is 5.10 Å². The summed E-state index contributed by atoms with van der Waals surface area (Å²) in [7, 11) is 0. The molecule has 0 saturated carbocycles. The molecule has 4 aromatic rings. The minimum Gasteiger partial charge on any atom is -0.304 e. The van der Waals surface area contributed by atoms with Gasteiger partial charge >= 0.3 is 0 Å². The number of nitrogens with zero attached hydrogens (tertiary/aromatic N) is 3. The molecule has 0 bridgehead atoms. The number of aromatic nitrogens is 3. The average molecular weight is 379 g/mol. The maximum absolute atomic E-state index is 12.7. The molecule has 0 aliphatic rings. The number of rotatable bonds is 4.